The predicted molar refractivity (Wildman–Crippen MR) is 66.0 cm³/mol. The van der Waals surface area contributed by atoms with Gasteiger partial charge in [-0.2, -0.15) is 0 Å². The van der Waals surface area contributed by atoms with Crippen molar-refractivity contribution in [2.45, 2.75) is 6.42 Å². The summed E-state index contributed by atoms with van der Waals surface area (Å²) in [6.45, 7) is 1.81. The third-order valence-corrected chi connectivity index (χ3v) is 2.36. The smallest absolute Gasteiger partial charge is 0.254 e. The summed E-state index contributed by atoms with van der Waals surface area (Å²) in [7, 11) is 1.58. The largest absolute Gasteiger partial charge is 0.382 e. The van der Waals surface area contributed by atoms with E-state index in [-0.39, 0.29) is 5.56 Å². The van der Waals surface area contributed by atoms with Gasteiger partial charge in [0.25, 0.3) is 5.91 Å². The molecule has 19 heavy (non-hydrogen) atoms. The summed E-state index contributed by atoms with van der Waals surface area (Å²) in [4.78, 5) is 11.6. The predicted octanol–water partition coefficient (Wildman–Crippen LogP) is 1.75. The first kappa shape index (κ1) is 15.5. The fourth-order valence-electron chi connectivity index (χ4n) is 1.39. The molecular formula is C13H17F2NO3. The van der Waals surface area contributed by atoms with Crippen molar-refractivity contribution in [2.24, 2.45) is 0 Å². The topological polar surface area (TPSA) is 47.6 Å². The Kier molecular flexibility index (Phi) is 6.99. The molecule has 6 heteroatoms. The van der Waals surface area contributed by atoms with Gasteiger partial charge in [0.15, 0.2) is 0 Å². The number of amides is 1. The van der Waals surface area contributed by atoms with E-state index in [4.69, 9.17) is 9.47 Å². The number of hydrogen-bond donors (Lipinski definition) is 1. The summed E-state index contributed by atoms with van der Waals surface area (Å²) in [5, 5.41) is 2.50. The van der Waals surface area contributed by atoms with Gasteiger partial charge in [0.1, 0.15) is 11.6 Å². The molecule has 0 bridgehead atoms. The average Bonchev–Trinajstić information content (AvgIpc) is 2.40. The Morgan fingerprint density at radius 2 is 2.05 bits per heavy atom. The molecule has 1 aromatic carbocycles. The van der Waals surface area contributed by atoms with Crippen molar-refractivity contribution >= 4 is 5.91 Å². The van der Waals surface area contributed by atoms with Gasteiger partial charge >= 0.3 is 0 Å². The molecule has 4 nitrogen and oxygen atoms in total. The highest BCUT2D eigenvalue weighted by atomic mass is 19.1. The number of methoxy groups -OCH3 is 1. The normalized spacial score (nSPS) is 10.5. The van der Waals surface area contributed by atoms with Crippen molar-refractivity contribution in [1.82, 2.24) is 5.32 Å². The molecule has 0 atom stereocenters. The summed E-state index contributed by atoms with van der Waals surface area (Å²) in [5.41, 5.74) is -0.291. The molecule has 1 aromatic rings. The van der Waals surface area contributed by atoms with Crippen LogP contribution in [0.15, 0.2) is 18.2 Å². The quantitative estimate of drug-likeness (QED) is 0.734. The maximum Gasteiger partial charge on any atom is 0.254 e. The molecule has 0 radical (unpaired) electrons. The van der Waals surface area contributed by atoms with E-state index in [1.807, 2.05) is 0 Å². The average molecular weight is 273 g/mol. The van der Waals surface area contributed by atoms with Crippen LogP contribution in [0, 0.1) is 11.6 Å². The van der Waals surface area contributed by atoms with Crippen LogP contribution in [0.2, 0.25) is 0 Å². The second-order valence-corrected chi connectivity index (χ2v) is 3.84. The third-order valence-electron chi connectivity index (χ3n) is 2.36. The molecule has 0 spiro atoms. The highest BCUT2D eigenvalue weighted by Crippen LogP contribution is 2.09. The van der Waals surface area contributed by atoms with Crippen molar-refractivity contribution in [3.05, 3.63) is 35.4 Å². The van der Waals surface area contributed by atoms with E-state index >= 15 is 0 Å². The fourth-order valence-corrected chi connectivity index (χ4v) is 1.39. The minimum Gasteiger partial charge on any atom is -0.382 e. The van der Waals surface area contributed by atoms with Crippen LogP contribution in [-0.4, -0.2) is 39.4 Å². The maximum absolute atomic E-state index is 13.3. The molecule has 0 saturated heterocycles. The Hall–Kier alpha value is -1.53. The summed E-state index contributed by atoms with van der Waals surface area (Å²) in [6, 6.07) is 2.77. The van der Waals surface area contributed by atoms with Crippen LogP contribution in [0.25, 0.3) is 0 Å². The van der Waals surface area contributed by atoms with E-state index in [1.54, 1.807) is 7.11 Å². The minimum atomic E-state index is -0.741. The van der Waals surface area contributed by atoms with Crippen LogP contribution < -0.4 is 5.32 Å². The van der Waals surface area contributed by atoms with Gasteiger partial charge in [-0.15, -0.1) is 0 Å². The Morgan fingerprint density at radius 1 is 1.26 bits per heavy atom. The SMILES string of the molecule is COCCOCCCNC(=O)c1cc(F)ccc1F. The molecule has 0 fully saturated rings. The number of rotatable bonds is 8. The van der Waals surface area contributed by atoms with Crippen molar-refractivity contribution in [1.29, 1.82) is 0 Å². The van der Waals surface area contributed by atoms with Gasteiger partial charge in [0, 0.05) is 20.3 Å². The molecule has 106 valence electrons. The lowest BCUT2D eigenvalue weighted by Crippen LogP contribution is -2.26. The first-order valence-corrected chi connectivity index (χ1v) is 5.95. The third kappa shape index (κ3) is 5.76. The zero-order valence-electron chi connectivity index (χ0n) is 10.7. The second-order valence-electron chi connectivity index (χ2n) is 3.84. The fraction of sp³-hybridized carbons (Fsp3) is 0.462. The van der Waals surface area contributed by atoms with E-state index in [9.17, 15) is 13.6 Å². The molecule has 0 unspecified atom stereocenters. The van der Waals surface area contributed by atoms with Gasteiger partial charge in [0.05, 0.1) is 18.8 Å². The lowest BCUT2D eigenvalue weighted by molar-refractivity contribution is 0.0688. The Labute approximate surface area is 110 Å². The molecule has 1 amide bonds. The molecule has 0 saturated carbocycles. The van der Waals surface area contributed by atoms with Gasteiger partial charge in [-0.05, 0) is 24.6 Å². The lowest BCUT2D eigenvalue weighted by atomic mass is 10.2. The molecular weight excluding hydrogens is 256 g/mol. The van der Waals surface area contributed by atoms with Gasteiger partial charge in [-0.25, -0.2) is 8.78 Å². The van der Waals surface area contributed by atoms with Crippen LogP contribution in [0.5, 0.6) is 0 Å². The first-order valence-electron chi connectivity index (χ1n) is 5.95. The van der Waals surface area contributed by atoms with Gasteiger partial charge < -0.3 is 14.8 Å². The van der Waals surface area contributed by atoms with Gasteiger partial charge in [0.2, 0.25) is 0 Å². The van der Waals surface area contributed by atoms with E-state index in [0.717, 1.165) is 18.2 Å². The Morgan fingerprint density at radius 3 is 2.79 bits per heavy atom. The van der Waals surface area contributed by atoms with Crippen molar-refractivity contribution in [3.8, 4) is 0 Å². The van der Waals surface area contributed by atoms with Crippen LogP contribution in [0.3, 0.4) is 0 Å². The zero-order valence-corrected chi connectivity index (χ0v) is 10.7. The highest BCUT2D eigenvalue weighted by Gasteiger charge is 2.11. The number of carbonyl (C=O) groups is 1. The van der Waals surface area contributed by atoms with Crippen LogP contribution in [-0.2, 0) is 9.47 Å². The minimum absolute atomic E-state index is 0.291. The molecule has 1 rings (SSSR count). The summed E-state index contributed by atoms with van der Waals surface area (Å²) in [5.74, 6) is -2.02. The summed E-state index contributed by atoms with van der Waals surface area (Å²) >= 11 is 0. The van der Waals surface area contributed by atoms with Gasteiger partial charge in [-0.3, -0.25) is 4.79 Å². The summed E-state index contributed by atoms with van der Waals surface area (Å²) in [6.07, 6.45) is 0.590. The van der Waals surface area contributed by atoms with Crippen LogP contribution in [0.4, 0.5) is 8.78 Å². The van der Waals surface area contributed by atoms with E-state index < -0.39 is 17.5 Å². The number of hydrogen-bond acceptors (Lipinski definition) is 3. The summed E-state index contributed by atoms with van der Waals surface area (Å²) < 4.78 is 36.1. The Bertz CT molecular complexity index is 413. The molecule has 1 N–H and O–H groups in total. The van der Waals surface area contributed by atoms with Gasteiger partial charge in [-0.1, -0.05) is 0 Å². The highest BCUT2D eigenvalue weighted by molar-refractivity contribution is 5.94. The number of benzene rings is 1. The maximum atomic E-state index is 13.3. The van der Waals surface area contributed by atoms with E-state index in [1.165, 1.54) is 0 Å². The molecule has 0 aliphatic rings. The van der Waals surface area contributed by atoms with Crippen LogP contribution >= 0.6 is 0 Å². The molecule has 0 aromatic heterocycles. The Balaban J connectivity index is 2.26. The van der Waals surface area contributed by atoms with E-state index in [0.29, 0.717) is 32.8 Å². The number of ether oxygens (including phenoxy) is 2. The zero-order chi connectivity index (χ0) is 14.1. The monoisotopic (exact) mass is 273 g/mol. The number of halogens is 2. The van der Waals surface area contributed by atoms with E-state index in [2.05, 4.69) is 5.32 Å². The lowest BCUT2D eigenvalue weighted by Gasteiger charge is -2.07. The standard InChI is InChI=1S/C13H17F2NO3/c1-18-7-8-19-6-2-5-16-13(17)11-9-10(14)3-4-12(11)15/h3-4,9H,2,5-8H2,1H3,(H,16,17). The molecule has 0 heterocycles. The van der Waals surface area contributed by atoms with Crippen molar-refractivity contribution < 1.29 is 23.0 Å². The second kappa shape index (κ2) is 8.55. The molecule has 0 aliphatic carbocycles. The molecule has 0 aliphatic heterocycles. The van der Waals surface area contributed by atoms with Crippen LogP contribution in [0.1, 0.15) is 16.8 Å². The van der Waals surface area contributed by atoms with Crippen molar-refractivity contribution in [2.75, 3.05) is 33.5 Å². The first-order chi connectivity index (χ1) is 9.15. The van der Waals surface area contributed by atoms with Crippen molar-refractivity contribution in [3.63, 3.8) is 0 Å². The number of nitrogens with one attached hydrogen (secondary N) is 1. The number of carbonyl (C=O) groups excluding carboxylic acids is 1.